The molecule has 0 bridgehead atoms. The van der Waals surface area contributed by atoms with Gasteiger partial charge < -0.3 is 19.7 Å². The van der Waals surface area contributed by atoms with Crippen LogP contribution in [0.4, 0.5) is 13.2 Å². The Labute approximate surface area is 210 Å². The molecule has 1 aliphatic heterocycles. The fraction of sp³-hybridized carbons (Fsp3) is 0.269. The van der Waals surface area contributed by atoms with Crippen LogP contribution in [0.2, 0.25) is 0 Å². The number of fused-ring (bicyclic) bond motifs is 1. The number of benzene rings is 2. The van der Waals surface area contributed by atoms with Gasteiger partial charge in [-0.2, -0.15) is 13.2 Å². The number of nitrogens with one attached hydrogen (secondary N) is 1. The van der Waals surface area contributed by atoms with Crippen molar-refractivity contribution in [2.45, 2.75) is 19.5 Å². The molecule has 0 radical (unpaired) electrons. The van der Waals surface area contributed by atoms with Crippen LogP contribution >= 0.6 is 0 Å². The standard InChI is InChI=1S/C26H24F3N3O5/c1-15-19(24(34)31(2)3)13-20(25(35)32(15)18-6-4-5-17(12-18)26(27,28)29)23(33)30-10-9-16-7-8-21-22(11-16)37-14-36-21/h4-8,11-13H,9-10,14H2,1-3H3,(H,30,33). The number of ether oxygens (including phenoxy) is 2. The van der Waals surface area contributed by atoms with E-state index in [9.17, 15) is 27.6 Å². The number of pyridine rings is 1. The first-order chi connectivity index (χ1) is 17.5. The molecule has 194 valence electrons. The van der Waals surface area contributed by atoms with Crippen molar-refractivity contribution in [3.63, 3.8) is 0 Å². The second kappa shape index (κ2) is 10.00. The maximum Gasteiger partial charge on any atom is 0.416 e. The summed E-state index contributed by atoms with van der Waals surface area (Å²) in [6.07, 6.45) is -4.22. The van der Waals surface area contributed by atoms with Crippen LogP contribution in [0.15, 0.2) is 53.3 Å². The number of alkyl halides is 3. The molecular formula is C26H24F3N3O5. The molecule has 8 nitrogen and oxygen atoms in total. The Bertz CT molecular complexity index is 1430. The molecule has 37 heavy (non-hydrogen) atoms. The average molecular weight is 515 g/mol. The third kappa shape index (κ3) is 5.30. The number of carbonyl (C=O) groups is 2. The van der Waals surface area contributed by atoms with Gasteiger partial charge in [-0.25, -0.2) is 0 Å². The Morgan fingerprint density at radius 3 is 2.46 bits per heavy atom. The lowest BCUT2D eigenvalue weighted by molar-refractivity contribution is -0.137. The van der Waals surface area contributed by atoms with Gasteiger partial charge in [0.1, 0.15) is 5.56 Å². The van der Waals surface area contributed by atoms with Gasteiger partial charge in [-0.15, -0.1) is 0 Å². The first kappa shape index (κ1) is 25.8. The molecule has 4 rings (SSSR count). The molecule has 0 atom stereocenters. The smallest absolute Gasteiger partial charge is 0.416 e. The number of carbonyl (C=O) groups excluding carboxylic acids is 2. The zero-order valence-electron chi connectivity index (χ0n) is 20.3. The van der Waals surface area contributed by atoms with Crippen molar-refractivity contribution in [1.29, 1.82) is 0 Å². The highest BCUT2D eigenvalue weighted by molar-refractivity contribution is 6.00. The molecule has 0 spiro atoms. The summed E-state index contributed by atoms with van der Waals surface area (Å²) in [6, 6.07) is 10.7. The fourth-order valence-electron chi connectivity index (χ4n) is 3.97. The largest absolute Gasteiger partial charge is 0.454 e. The monoisotopic (exact) mass is 515 g/mol. The van der Waals surface area contributed by atoms with Gasteiger partial charge in [0.25, 0.3) is 17.4 Å². The second-order valence-electron chi connectivity index (χ2n) is 8.64. The van der Waals surface area contributed by atoms with Gasteiger partial charge in [0.2, 0.25) is 6.79 Å². The number of hydrogen-bond donors (Lipinski definition) is 1. The minimum absolute atomic E-state index is 0.0166. The third-order valence-corrected chi connectivity index (χ3v) is 5.90. The van der Waals surface area contributed by atoms with E-state index in [0.717, 1.165) is 28.3 Å². The van der Waals surface area contributed by atoms with Crippen LogP contribution < -0.4 is 20.3 Å². The zero-order chi connectivity index (χ0) is 26.9. The molecule has 1 N–H and O–H groups in total. The SMILES string of the molecule is Cc1c(C(=O)N(C)C)cc(C(=O)NCCc2ccc3c(c2)OCO3)c(=O)n1-c1cccc(C(F)(F)F)c1. The van der Waals surface area contributed by atoms with Crippen LogP contribution in [0, 0.1) is 6.92 Å². The molecule has 2 heterocycles. The molecule has 0 saturated carbocycles. The van der Waals surface area contributed by atoms with E-state index in [4.69, 9.17) is 9.47 Å². The number of nitrogens with zero attached hydrogens (tertiary/aromatic N) is 2. The lowest BCUT2D eigenvalue weighted by Gasteiger charge is -2.19. The van der Waals surface area contributed by atoms with E-state index in [1.807, 2.05) is 6.07 Å². The summed E-state index contributed by atoms with van der Waals surface area (Å²) in [5, 5.41) is 2.66. The highest BCUT2D eigenvalue weighted by Crippen LogP contribution is 2.33. The van der Waals surface area contributed by atoms with Crippen molar-refractivity contribution in [1.82, 2.24) is 14.8 Å². The van der Waals surface area contributed by atoms with Crippen molar-refractivity contribution in [3.8, 4) is 17.2 Å². The van der Waals surface area contributed by atoms with Crippen molar-refractivity contribution in [2.75, 3.05) is 27.4 Å². The third-order valence-electron chi connectivity index (χ3n) is 5.90. The van der Waals surface area contributed by atoms with E-state index in [0.29, 0.717) is 17.9 Å². The van der Waals surface area contributed by atoms with Gasteiger partial charge in [0.05, 0.1) is 11.1 Å². The predicted octanol–water partition coefficient (Wildman–Crippen LogP) is 3.57. The van der Waals surface area contributed by atoms with Crippen molar-refractivity contribution < 1.29 is 32.2 Å². The predicted molar refractivity (Wildman–Crippen MR) is 128 cm³/mol. The van der Waals surface area contributed by atoms with Gasteiger partial charge in [-0.3, -0.25) is 19.0 Å². The number of halogens is 3. The molecular weight excluding hydrogens is 491 g/mol. The minimum atomic E-state index is -4.64. The summed E-state index contributed by atoms with van der Waals surface area (Å²) in [5.41, 5.74) is -1.29. The van der Waals surface area contributed by atoms with Crippen LogP contribution in [0.3, 0.4) is 0 Å². The Kier molecular flexibility index (Phi) is 6.97. The van der Waals surface area contributed by atoms with Crippen LogP contribution in [0.1, 0.15) is 37.5 Å². The summed E-state index contributed by atoms with van der Waals surface area (Å²) in [5.74, 6) is -0.0363. The summed E-state index contributed by atoms with van der Waals surface area (Å²) in [4.78, 5) is 40.5. The Morgan fingerprint density at radius 2 is 1.76 bits per heavy atom. The second-order valence-corrected chi connectivity index (χ2v) is 8.64. The highest BCUT2D eigenvalue weighted by atomic mass is 19.4. The molecule has 2 aromatic carbocycles. The van der Waals surface area contributed by atoms with Gasteiger partial charge in [-0.1, -0.05) is 12.1 Å². The molecule has 0 fully saturated rings. The van der Waals surface area contributed by atoms with Crippen LogP contribution in [-0.2, 0) is 12.6 Å². The van der Waals surface area contributed by atoms with E-state index >= 15 is 0 Å². The summed E-state index contributed by atoms with van der Waals surface area (Å²) >= 11 is 0. The maximum atomic E-state index is 13.4. The zero-order valence-corrected chi connectivity index (χ0v) is 20.3. The minimum Gasteiger partial charge on any atom is -0.454 e. The van der Waals surface area contributed by atoms with Gasteiger partial charge in [-0.05, 0) is 55.3 Å². The Morgan fingerprint density at radius 1 is 1.03 bits per heavy atom. The van der Waals surface area contributed by atoms with Crippen molar-refractivity contribution in [2.24, 2.45) is 0 Å². The van der Waals surface area contributed by atoms with Gasteiger partial charge >= 0.3 is 6.18 Å². The van der Waals surface area contributed by atoms with Gasteiger partial charge in [0.15, 0.2) is 11.5 Å². The summed E-state index contributed by atoms with van der Waals surface area (Å²) in [7, 11) is 2.99. The van der Waals surface area contributed by atoms with Crippen LogP contribution in [0.25, 0.3) is 5.69 Å². The van der Waals surface area contributed by atoms with E-state index < -0.39 is 29.1 Å². The number of aromatic nitrogens is 1. The molecule has 0 saturated heterocycles. The Hall–Kier alpha value is -4.28. The van der Waals surface area contributed by atoms with E-state index in [-0.39, 0.29) is 35.8 Å². The molecule has 0 unspecified atom stereocenters. The fourth-order valence-corrected chi connectivity index (χ4v) is 3.97. The maximum absolute atomic E-state index is 13.4. The molecule has 11 heteroatoms. The molecule has 1 aromatic heterocycles. The first-order valence-corrected chi connectivity index (χ1v) is 11.3. The average Bonchev–Trinajstić information content (AvgIpc) is 3.31. The molecule has 3 aromatic rings. The first-order valence-electron chi connectivity index (χ1n) is 11.3. The van der Waals surface area contributed by atoms with Gasteiger partial charge in [0, 0.05) is 32.0 Å². The summed E-state index contributed by atoms with van der Waals surface area (Å²) in [6.45, 7) is 1.74. The summed E-state index contributed by atoms with van der Waals surface area (Å²) < 4.78 is 51.6. The quantitative estimate of drug-likeness (QED) is 0.542. The van der Waals surface area contributed by atoms with E-state index in [1.165, 1.54) is 38.1 Å². The van der Waals surface area contributed by atoms with Crippen LogP contribution in [0.5, 0.6) is 11.5 Å². The number of hydrogen-bond acceptors (Lipinski definition) is 5. The van der Waals surface area contributed by atoms with Crippen molar-refractivity contribution in [3.05, 3.63) is 86.8 Å². The lowest BCUT2D eigenvalue weighted by Crippen LogP contribution is -2.36. The number of amides is 2. The van der Waals surface area contributed by atoms with Crippen molar-refractivity contribution >= 4 is 11.8 Å². The lowest BCUT2D eigenvalue weighted by atomic mass is 10.1. The molecule has 1 aliphatic rings. The highest BCUT2D eigenvalue weighted by Gasteiger charge is 2.31. The number of rotatable bonds is 6. The molecule has 2 amide bonds. The molecule has 0 aliphatic carbocycles. The van der Waals surface area contributed by atoms with Crippen LogP contribution in [-0.4, -0.2) is 48.7 Å². The van der Waals surface area contributed by atoms with E-state index in [1.54, 1.807) is 12.1 Å². The topological polar surface area (TPSA) is 89.9 Å². The Balaban J connectivity index is 1.68. The van der Waals surface area contributed by atoms with E-state index in [2.05, 4.69) is 5.32 Å². The normalized spacial score (nSPS) is 12.4.